The molecule has 0 aliphatic carbocycles. The highest BCUT2D eigenvalue weighted by atomic mass is 32.1. The molecule has 0 unspecified atom stereocenters. The molecular weight excluding hydrogens is 466 g/mol. The third-order valence-electron chi connectivity index (χ3n) is 5.47. The summed E-state index contributed by atoms with van der Waals surface area (Å²) in [6.45, 7) is 5.03. The standard InChI is InChI=1S/C24H25N7O3S/c32-23(27-24-25-9-16-35-24)26-19-3-1-18(2-4-19)22-17-31(29-28-22)20-5-7-21(8-6-20)34-15-12-30-10-13-33-14-11-30/h1-9,16-17H,10-15H2,(H2,25,26,27,32). The number of carbonyl (C=O) groups is 1. The molecule has 1 fully saturated rings. The van der Waals surface area contributed by atoms with E-state index in [0.717, 1.165) is 55.5 Å². The first kappa shape index (κ1) is 23.0. The van der Waals surface area contributed by atoms with Crippen LogP contribution in [0.5, 0.6) is 5.75 Å². The molecule has 0 spiro atoms. The number of hydrogen-bond acceptors (Lipinski definition) is 8. The Balaban J connectivity index is 1.14. The number of aromatic nitrogens is 4. The van der Waals surface area contributed by atoms with E-state index < -0.39 is 0 Å². The van der Waals surface area contributed by atoms with Gasteiger partial charge in [0.05, 0.1) is 25.1 Å². The van der Waals surface area contributed by atoms with Crippen molar-refractivity contribution in [1.82, 2.24) is 24.9 Å². The summed E-state index contributed by atoms with van der Waals surface area (Å²) in [7, 11) is 0. The number of thiazole rings is 1. The number of nitrogens with one attached hydrogen (secondary N) is 2. The fourth-order valence-corrected chi connectivity index (χ4v) is 4.13. The monoisotopic (exact) mass is 491 g/mol. The second kappa shape index (κ2) is 11.1. The number of urea groups is 1. The van der Waals surface area contributed by atoms with Crippen molar-refractivity contribution in [2.75, 3.05) is 50.1 Å². The van der Waals surface area contributed by atoms with Crippen LogP contribution in [0.25, 0.3) is 16.9 Å². The van der Waals surface area contributed by atoms with Crippen LogP contribution in [-0.4, -0.2) is 70.4 Å². The average molecular weight is 492 g/mol. The number of carbonyl (C=O) groups excluding carboxylic acids is 1. The molecule has 0 bridgehead atoms. The Morgan fingerprint density at radius 1 is 1.06 bits per heavy atom. The molecule has 2 aromatic heterocycles. The van der Waals surface area contributed by atoms with E-state index in [9.17, 15) is 4.79 Å². The van der Waals surface area contributed by atoms with Crippen LogP contribution in [0, 0.1) is 0 Å². The van der Waals surface area contributed by atoms with Crippen molar-refractivity contribution in [3.63, 3.8) is 0 Å². The van der Waals surface area contributed by atoms with Gasteiger partial charge in [-0.2, -0.15) is 0 Å². The average Bonchev–Trinajstić information content (AvgIpc) is 3.58. The Morgan fingerprint density at radius 3 is 2.60 bits per heavy atom. The third-order valence-corrected chi connectivity index (χ3v) is 6.15. The maximum Gasteiger partial charge on any atom is 0.325 e. The zero-order chi connectivity index (χ0) is 23.9. The Hall–Kier alpha value is -3.80. The van der Waals surface area contributed by atoms with Gasteiger partial charge in [-0.1, -0.05) is 17.3 Å². The number of benzene rings is 2. The number of ether oxygens (including phenoxy) is 2. The molecule has 11 heteroatoms. The molecular formula is C24H25N7O3S. The highest BCUT2D eigenvalue weighted by Crippen LogP contribution is 2.21. The number of rotatable bonds is 8. The van der Waals surface area contributed by atoms with Gasteiger partial charge in [0.2, 0.25) is 0 Å². The van der Waals surface area contributed by atoms with Crippen LogP contribution < -0.4 is 15.4 Å². The quantitative estimate of drug-likeness (QED) is 0.387. The number of amides is 2. The summed E-state index contributed by atoms with van der Waals surface area (Å²) in [6.07, 6.45) is 3.50. The Labute approximate surface area is 206 Å². The van der Waals surface area contributed by atoms with Crippen molar-refractivity contribution < 1.29 is 14.3 Å². The van der Waals surface area contributed by atoms with E-state index in [4.69, 9.17) is 9.47 Å². The molecule has 2 amide bonds. The van der Waals surface area contributed by atoms with E-state index in [1.165, 1.54) is 11.3 Å². The van der Waals surface area contributed by atoms with Crippen LogP contribution in [0.1, 0.15) is 0 Å². The molecule has 180 valence electrons. The van der Waals surface area contributed by atoms with Gasteiger partial charge < -0.3 is 14.8 Å². The summed E-state index contributed by atoms with van der Waals surface area (Å²) in [4.78, 5) is 18.4. The SMILES string of the molecule is O=C(Nc1ccc(-c2cn(-c3ccc(OCCN4CCOCC4)cc3)nn2)cc1)Nc1nccs1. The topological polar surface area (TPSA) is 106 Å². The van der Waals surface area contributed by atoms with Gasteiger partial charge in [0, 0.05) is 42.5 Å². The van der Waals surface area contributed by atoms with Crippen molar-refractivity contribution in [3.05, 3.63) is 66.3 Å². The van der Waals surface area contributed by atoms with Gasteiger partial charge in [0.25, 0.3) is 0 Å². The molecule has 3 heterocycles. The molecule has 35 heavy (non-hydrogen) atoms. The van der Waals surface area contributed by atoms with Gasteiger partial charge >= 0.3 is 6.03 Å². The van der Waals surface area contributed by atoms with Crippen molar-refractivity contribution in [2.24, 2.45) is 0 Å². The molecule has 10 nitrogen and oxygen atoms in total. The lowest BCUT2D eigenvalue weighted by atomic mass is 10.1. The van der Waals surface area contributed by atoms with Crippen LogP contribution in [0.15, 0.2) is 66.3 Å². The summed E-state index contributed by atoms with van der Waals surface area (Å²) < 4.78 is 13.0. The Bertz CT molecular complexity index is 1220. The van der Waals surface area contributed by atoms with Gasteiger partial charge in [-0.3, -0.25) is 10.2 Å². The fourth-order valence-electron chi connectivity index (χ4n) is 3.60. The molecule has 0 atom stereocenters. The summed E-state index contributed by atoms with van der Waals surface area (Å²) in [5.41, 5.74) is 3.18. The molecule has 1 aliphatic heterocycles. The molecule has 2 N–H and O–H groups in total. The maximum absolute atomic E-state index is 12.1. The zero-order valence-corrected chi connectivity index (χ0v) is 19.8. The largest absolute Gasteiger partial charge is 0.492 e. The smallest absolute Gasteiger partial charge is 0.325 e. The molecule has 5 rings (SSSR count). The number of nitrogens with zero attached hydrogens (tertiary/aromatic N) is 5. The first-order chi connectivity index (χ1) is 17.2. The lowest BCUT2D eigenvalue weighted by Crippen LogP contribution is -2.38. The predicted molar refractivity (Wildman–Crippen MR) is 134 cm³/mol. The normalized spacial score (nSPS) is 13.9. The number of anilines is 2. The molecule has 4 aromatic rings. The van der Waals surface area contributed by atoms with Crippen LogP contribution in [0.4, 0.5) is 15.6 Å². The highest BCUT2D eigenvalue weighted by molar-refractivity contribution is 7.13. The van der Waals surface area contributed by atoms with Gasteiger partial charge in [-0.05, 0) is 36.4 Å². The van der Waals surface area contributed by atoms with Crippen molar-refractivity contribution in [1.29, 1.82) is 0 Å². The van der Waals surface area contributed by atoms with Crippen LogP contribution in [-0.2, 0) is 4.74 Å². The van der Waals surface area contributed by atoms with Crippen molar-refractivity contribution in [2.45, 2.75) is 0 Å². The van der Waals surface area contributed by atoms with E-state index in [-0.39, 0.29) is 6.03 Å². The first-order valence-electron chi connectivity index (χ1n) is 11.3. The second-order valence-corrected chi connectivity index (χ2v) is 8.73. The van der Waals surface area contributed by atoms with Crippen molar-refractivity contribution in [3.8, 4) is 22.7 Å². The molecule has 1 saturated heterocycles. The summed E-state index contributed by atoms with van der Waals surface area (Å²) in [5, 5.41) is 16.3. The lowest BCUT2D eigenvalue weighted by Gasteiger charge is -2.26. The van der Waals surface area contributed by atoms with E-state index >= 15 is 0 Å². The van der Waals surface area contributed by atoms with E-state index in [2.05, 4.69) is 30.8 Å². The summed E-state index contributed by atoms with van der Waals surface area (Å²) in [6, 6.07) is 14.9. The molecule has 2 aromatic carbocycles. The van der Waals surface area contributed by atoms with Crippen LogP contribution in [0.2, 0.25) is 0 Å². The van der Waals surface area contributed by atoms with E-state index in [0.29, 0.717) is 17.4 Å². The zero-order valence-electron chi connectivity index (χ0n) is 19.0. The second-order valence-electron chi connectivity index (χ2n) is 7.84. The first-order valence-corrected chi connectivity index (χ1v) is 12.1. The molecule has 0 radical (unpaired) electrons. The minimum absolute atomic E-state index is 0.341. The maximum atomic E-state index is 12.1. The minimum atomic E-state index is -0.341. The van der Waals surface area contributed by atoms with E-state index in [1.807, 2.05) is 54.7 Å². The Morgan fingerprint density at radius 2 is 1.86 bits per heavy atom. The number of hydrogen-bond donors (Lipinski definition) is 2. The fraction of sp³-hybridized carbons (Fsp3) is 0.250. The highest BCUT2D eigenvalue weighted by Gasteiger charge is 2.10. The Kier molecular flexibility index (Phi) is 7.27. The van der Waals surface area contributed by atoms with Gasteiger partial charge in [0.1, 0.15) is 18.1 Å². The van der Waals surface area contributed by atoms with Crippen LogP contribution in [0.3, 0.4) is 0 Å². The molecule has 1 aliphatic rings. The van der Waals surface area contributed by atoms with Crippen LogP contribution >= 0.6 is 11.3 Å². The predicted octanol–water partition coefficient (Wildman–Crippen LogP) is 3.75. The lowest BCUT2D eigenvalue weighted by molar-refractivity contribution is 0.0322. The number of morpholine rings is 1. The van der Waals surface area contributed by atoms with Crippen molar-refractivity contribution >= 4 is 28.2 Å². The van der Waals surface area contributed by atoms with E-state index in [1.54, 1.807) is 16.3 Å². The van der Waals surface area contributed by atoms with Gasteiger partial charge in [-0.25, -0.2) is 14.5 Å². The summed E-state index contributed by atoms with van der Waals surface area (Å²) >= 11 is 1.36. The minimum Gasteiger partial charge on any atom is -0.492 e. The van der Waals surface area contributed by atoms with Gasteiger partial charge in [-0.15, -0.1) is 16.4 Å². The third kappa shape index (κ3) is 6.21. The molecule has 0 saturated carbocycles. The van der Waals surface area contributed by atoms with Gasteiger partial charge in [0.15, 0.2) is 5.13 Å². The summed E-state index contributed by atoms with van der Waals surface area (Å²) in [5.74, 6) is 0.823.